The van der Waals surface area contributed by atoms with Gasteiger partial charge in [-0.3, -0.25) is 4.79 Å². The van der Waals surface area contributed by atoms with Crippen LogP contribution in [0.4, 0.5) is 4.39 Å². The summed E-state index contributed by atoms with van der Waals surface area (Å²) in [5.41, 5.74) is 1.16. The number of hydrogen-bond acceptors (Lipinski definition) is 3. The summed E-state index contributed by atoms with van der Waals surface area (Å²) in [5.74, 6) is -0.346. The zero-order chi connectivity index (χ0) is 11.7. The topological polar surface area (TPSA) is 39.4 Å². The molecule has 0 aliphatic rings. The van der Waals surface area contributed by atoms with Crippen molar-refractivity contribution in [1.82, 2.24) is 0 Å². The lowest BCUT2D eigenvalue weighted by atomic mass is 10.1. The molecule has 1 aromatic heterocycles. The number of ether oxygens (including phenoxy) is 1. The Bertz CT molecular complexity index is 542. The molecule has 0 atom stereocenters. The van der Waals surface area contributed by atoms with Gasteiger partial charge in [0.1, 0.15) is 18.0 Å². The van der Waals surface area contributed by atoms with Crippen molar-refractivity contribution < 1.29 is 18.3 Å². The molecule has 84 valence electrons. The molecule has 2 rings (SSSR count). The fourth-order valence-corrected chi connectivity index (χ4v) is 1.66. The van der Waals surface area contributed by atoms with E-state index in [0.29, 0.717) is 16.5 Å². The van der Waals surface area contributed by atoms with Crippen LogP contribution in [0.3, 0.4) is 0 Å². The first-order chi connectivity index (χ1) is 7.63. The smallest absolute Gasteiger partial charge is 0.223 e. The van der Waals surface area contributed by atoms with Gasteiger partial charge in [0.05, 0.1) is 0 Å². The van der Waals surface area contributed by atoms with Crippen molar-refractivity contribution in [1.29, 1.82) is 0 Å². The third kappa shape index (κ3) is 1.72. The fraction of sp³-hybridized carbons (Fsp3) is 0.250. The fourth-order valence-electron chi connectivity index (χ4n) is 1.66. The zero-order valence-corrected chi connectivity index (χ0v) is 9.04. The van der Waals surface area contributed by atoms with Gasteiger partial charge < -0.3 is 9.15 Å². The van der Waals surface area contributed by atoms with Crippen molar-refractivity contribution in [2.24, 2.45) is 0 Å². The second-order valence-electron chi connectivity index (χ2n) is 3.55. The summed E-state index contributed by atoms with van der Waals surface area (Å²) in [7, 11) is 1.44. The molecule has 2 aromatic rings. The van der Waals surface area contributed by atoms with Gasteiger partial charge in [-0.15, -0.1) is 0 Å². The summed E-state index contributed by atoms with van der Waals surface area (Å²) in [4.78, 5) is 11.6. The van der Waals surface area contributed by atoms with Gasteiger partial charge in [-0.2, -0.15) is 0 Å². The Balaban J connectivity index is 2.56. The molecule has 0 aliphatic carbocycles. The summed E-state index contributed by atoms with van der Waals surface area (Å²) in [6, 6.07) is 4.18. The number of benzene rings is 1. The highest BCUT2D eigenvalue weighted by molar-refractivity contribution is 6.00. The Kier molecular flexibility index (Phi) is 2.75. The summed E-state index contributed by atoms with van der Waals surface area (Å²) >= 11 is 0. The van der Waals surface area contributed by atoms with E-state index in [1.54, 1.807) is 6.92 Å². The first-order valence-electron chi connectivity index (χ1n) is 4.84. The van der Waals surface area contributed by atoms with Crippen LogP contribution in [0.25, 0.3) is 11.0 Å². The van der Waals surface area contributed by atoms with Gasteiger partial charge in [0.2, 0.25) is 5.78 Å². The Morgan fingerprint density at radius 2 is 2.25 bits per heavy atom. The zero-order valence-electron chi connectivity index (χ0n) is 9.04. The molecule has 16 heavy (non-hydrogen) atoms. The maximum absolute atomic E-state index is 13.0. The molecule has 0 saturated heterocycles. The van der Waals surface area contributed by atoms with Crippen LogP contribution in [-0.4, -0.2) is 19.5 Å². The van der Waals surface area contributed by atoms with E-state index in [1.165, 1.54) is 25.3 Å². The monoisotopic (exact) mass is 222 g/mol. The van der Waals surface area contributed by atoms with Crippen molar-refractivity contribution >= 4 is 16.8 Å². The first kappa shape index (κ1) is 10.8. The Morgan fingerprint density at radius 3 is 2.94 bits per heavy atom. The van der Waals surface area contributed by atoms with Crippen molar-refractivity contribution in [2.45, 2.75) is 6.92 Å². The van der Waals surface area contributed by atoms with Crippen LogP contribution < -0.4 is 0 Å². The quantitative estimate of drug-likeness (QED) is 0.749. The van der Waals surface area contributed by atoms with E-state index < -0.39 is 0 Å². The minimum Gasteiger partial charge on any atom is -0.453 e. The minimum absolute atomic E-state index is 0.0385. The molecule has 1 aromatic carbocycles. The third-order valence-corrected chi connectivity index (χ3v) is 2.43. The second-order valence-corrected chi connectivity index (χ2v) is 3.55. The number of aryl methyl sites for hydroxylation is 1. The van der Waals surface area contributed by atoms with Crippen molar-refractivity contribution in [2.75, 3.05) is 13.7 Å². The van der Waals surface area contributed by atoms with Gasteiger partial charge in [-0.1, -0.05) is 0 Å². The molecule has 0 aliphatic heterocycles. The van der Waals surface area contributed by atoms with Crippen molar-refractivity contribution in [3.8, 4) is 0 Å². The largest absolute Gasteiger partial charge is 0.453 e. The SMILES string of the molecule is COCC(=O)c1oc2ccc(F)cc2c1C. The van der Waals surface area contributed by atoms with E-state index in [9.17, 15) is 9.18 Å². The second kappa shape index (κ2) is 4.06. The minimum atomic E-state index is -0.345. The van der Waals surface area contributed by atoms with E-state index in [-0.39, 0.29) is 24.0 Å². The Hall–Kier alpha value is -1.68. The van der Waals surface area contributed by atoms with E-state index in [1.807, 2.05) is 0 Å². The summed E-state index contributed by atoms with van der Waals surface area (Å²) in [6.45, 7) is 1.69. The molecule has 3 nitrogen and oxygen atoms in total. The van der Waals surface area contributed by atoms with E-state index in [2.05, 4.69) is 0 Å². The lowest BCUT2D eigenvalue weighted by Crippen LogP contribution is -2.06. The summed E-state index contributed by atoms with van der Waals surface area (Å²) in [6.07, 6.45) is 0. The third-order valence-electron chi connectivity index (χ3n) is 2.43. The van der Waals surface area contributed by atoms with Gasteiger partial charge >= 0.3 is 0 Å². The highest BCUT2D eigenvalue weighted by atomic mass is 19.1. The van der Waals surface area contributed by atoms with Crippen LogP contribution in [0, 0.1) is 12.7 Å². The highest BCUT2D eigenvalue weighted by Gasteiger charge is 2.17. The number of Topliss-reactive ketones (excluding diaryl/α,β-unsaturated/α-hetero) is 1. The van der Waals surface area contributed by atoms with Gasteiger partial charge in [-0.25, -0.2) is 4.39 Å². The standard InChI is InChI=1S/C12H11FO3/c1-7-9-5-8(13)3-4-11(9)16-12(7)10(14)6-15-2/h3-5H,6H2,1-2H3. The van der Waals surface area contributed by atoms with Crippen molar-refractivity contribution in [3.63, 3.8) is 0 Å². The molecule has 0 fully saturated rings. The van der Waals surface area contributed by atoms with Crippen LogP contribution in [0.2, 0.25) is 0 Å². The van der Waals surface area contributed by atoms with Crippen LogP contribution in [0.1, 0.15) is 16.1 Å². The number of ketones is 1. The summed E-state index contributed by atoms with van der Waals surface area (Å²) < 4.78 is 23.1. The molecule has 0 bridgehead atoms. The number of halogens is 1. The number of fused-ring (bicyclic) bond motifs is 1. The Morgan fingerprint density at radius 1 is 1.50 bits per heavy atom. The number of methoxy groups -OCH3 is 1. The maximum atomic E-state index is 13.0. The first-order valence-corrected chi connectivity index (χ1v) is 4.84. The molecule has 4 heteroatoms. The predicted molar refractivity (Wildman–Crippen MR) is 57.1 cm³/mol. The van der Waals surface area contributed by atoms with Gasteiger partial charge in [0.15, 0.2) is 5.76 Å². The van der Waals surface area contributed by atoms with Gasteiger partial charge in [-0.05, 0) is 25.1 Å². The molecule has 1 heterocycles. The molecule has 0 saturated carbocycles. The normalized spacial score (nSPS) is 10.9. The van der Waals surface area contributed by atoms with E-state index in [4.69, 9.17) is 9.15 Å². The number of rotatable bonds is 3. The average molecular weight is 222 g/mol. The van der Waals surface area contributed by atoms with Gasteiger partial charge in [0.25, 0.3) is 0 Å². The van der Waals surface area contributed by atoms with Crippen LogP contribution >= 0.6 is 0 Å². The molecular formula is C12H11FO3. The molecule has 0 radical (unpaired) electrons. The summed E-state index contributed by atoms with van der Waals surface area (Å²) in [5, 5.41) is 0.624. The molecule has 0 spiro atoms. The lowest BCUT2D eigenvalue weighted by Gasteiger charge is -1.95. The number of carbonyl (C=O) groups is 1. The maximum Gasteiger partial charge on any atom is 0.223 e. The van der Waals surface area contributed by atoms with Crippen molar-refractivity contribution in [3.05, 3.63) is 35.3 Å². The van der Waals surface area contributed by atoms with Crippen LogP contribution in [-0.2, 0) is 4.74 Å². The lowest BCUT2D eigenvalue weighted by molar-refractivity contribution is 0.0821. The predicted octanol–water partition coefficient (Wildman–Crippen LogP) is 2.71. The molecule has 0 unspecified atom stereocenters. The van der Waals surface area contributed by atoms with Gasteiger partial charge in [0, 0.05) is 18.1 Å². The van der Waals surface area contributed by atoms with Crippen LogP contribution in [0.15, 0.2) is 22.6 Å². The Labute approximate surface area is 91.8 Å². The molecular weight excluding hydrogens is 211 g/mol. The number of furan rings is 1. The van der Waals surface area contributed by atoms with Crippen LogP contribution in [0.5, 0.6) is 0 Å². The van der Waals surface area contributed by atoms with E-state index >= 15 is 0 Å². The van der Waals surface area contributed by atoms with E-state index in [0.717, 1.165) is 0 Å². The average Bonchev–Trinajstić information content (AvgIpc) is 2.57. The highest BCUT2D eigenvalue weighted by Crippen LogP contribution is 2.26. The molecule has 0 N–H and O–H groups in total. The number of carbonyl (C=O) groups excluding carboxylic acids is 1. The molecule has 0 amide bonds. The number of hydrogen-bond donors (Lipinski definition) is 0.